The van der Waals surface area contributed by atoms with Crippen LogP contribution in [0.2, 0.25) is 0 Å². The van der Waals surface area contributed by atoms with Crippen LogP contribution in [0, 0.1) is 28.4 Å². The third kappa shape index (κ3) is 3.61. The number of aryl methyl sites for hydroxylation is 1. The number of nitriles is 1. The number of nitrogens with one attached hydrogen (secondary N) is 1. The van der Waals surface area contributed by atoms with E-state index >= 15 is 0 Å². The van der Waals surface area contributed by atoms with Gasteiger partial charge in [-0.2, -0.15) is 5.26 Å². The van der Waals surface area contributed by atoms with Gasteiger partial charge in [0.25, 0.3) is 5.69 Å². The summed E-state index contributed by atoms with van der Waals surface area (Å²) in [6, 6.07) is 8.69. The van der Waals surface area contributed by atoms with E-state index in [-0.39, 0.29) is 5.69 Å². The molecule has 25 heavy (non-hydrogen) atoms. The minimum Gasteiger partial charge on any atom is -0.316 e. The van der Waals surface area contributed by atoms with Crippen LogP contribution in [0.1, 0.15) is 16.8 Å². The Morgan fingerprint density at radius 2 is 2.20 bits per heavy atom. The quantitative estimate of drug-likeness (QED) is 0.539. The molecule has 0 radical (unpaired) electrons. The van der Waals surface area contributed by atoms with E-state index in [2.05, 4.69) is 21.4 Å². The molecule has 0 saturated heterocycles. The van der Waals surface area contributed by atoms with Gasteiger partial charge in [-0.3, -0.25) is 10.1 Å². The Morgan fingerprint density at radius 1 is 1.40 bits per heavy atom. The molecular formula is C16H13N5O2S2. The number of benzene rings is 1. The fourth-order valence-corrected chi connectivity index (χ4v) is 4.55. The van der Waals surface area contributed by atoms with Gasteiger partial charge in [-0.05, 0) is 43.4 Å². The molecule has 0 amide bonds. The van der Waals surface area contributed by atoms with Crippen molar-refractivity contribution >= 4 is 39.0 Å². The van der Waals surface area contributed by atoms with Crippen LogP contribution in [0.5, 0.6) is 0 Å². The van der Waals surface area contributed by atoms with Gasteiger partial charge in [-0.1, -0.05) is 0 Å². The first-order chi connectivity index (χ1) is 12.0. The van der Waals surface area contributed by atoms with Gasteiger partial charge in [0.1, 0.15) is 11.1 Å². The van der Waals surface area contributed by atoms with Gasteiger partial charge in [0.05, 0.1) is 20.7 Å². The topological polar surface area (TPSA) is 105 Å². The molecule has 9 heteroatoms. The van der Waals surface area contributed by atoms with E-state index in [9.17, 15) is 15.4 Å². The van der Waals surface area contributed by atoms with Crippen molar-refractivity contribution in [3.63, 3.8) is 0 Å². The molecule has 0 saturated carbocycles. The van der Waals surface area contributed by atoms with Crippen molar-refractivity contribution in [2.75, 3.05) is 7.05 Å². The van der Waals surface area contributed by atoms with E-state index in [1.54, 1.807) is 6.07 Å². The third-order valence-corrected chi connectivity index (χ3v) is 5.49. The lowest BCUT2D eigenvalue weighted by Crippen LogP contribution is -2.08. The summed E-state index contributed by atoms with van der Waals surface area (Å²) >= 11 is 2.66. The first-order valence-corrected chi connectivity index (χ1v) is 8.93. The number of nitro groups is 1. The molecule has 1 N–H and O–H groups in total. The summed E-state index contributed by atoms with van der Waals surface area (Å²) in [7, 11) is 1.82. The summed E-state index contributed by atoms with van der Waals surface area (Å²) in [6.07, 6.45) is 0. The van der Waals surface area contributed by atoms with Crippen LogP contribution in [-0.2, 0) is 6.54 Å². The van der Waals surface area contributed by atoms with Crippen molar-refractivity contribution in [1.82, 2.24) is 15.3 Å². The van der Waals surface area contributed by atoms with Crippen LogP contribution < -0.4 is 5.32 Å². The Balaban J connectivity index is 2.01. The molecule has 0 unspecified atom stereocenters. The second-order valence-corrected chi connectivity index (χ2v) is 7.50. The number of hydrogen-bond acceptors (Lipinski definition) is 8. The standard InChI is InChI=1S/C16H13N5O2S2/c1-9-5-10(8-18-2)12(7-17)15(19-9)25-16-20-13-4-3-11(21(22)23)6-14(13)24-16/h3-6,18H,8H2,1-2H3. The smallest absolute Gasteiger partial charge is 0.270 e. The first kappa shape index (κ1) is 17.3. The lowest BCUT2D eigenvalue weighted by atomic mass is 10.1. The maximum absolute atomic E-state index is 10.9. The highest BCUT2D eigenvalue weighted by atomic mass is 32.2. The fraction of sp³-hybridized carbons (Fsp3) is 0.188. The average molecular weight is 371 g/mol. The molecule has 3 rings (SSSR count). The highest BCUT2D eigenvalue weighted by Crippen LogP contribution is 2.37. The van der Waals surface area contributed by atoms with Crippen LogP contribution in [0.25, 0.3) is 10.2 Å². The van der Waals surface area contributed by atoms with E-state index in [1.165, 1.54) is 35.2 Å². The van der Waals surface area contributed by atoms with Crippen LogP contribution in [0.4, 0.5) is 5.69 Å². The van der Waals surface area contributed by atoms with Gasteiger partial charge in [0.15, 0.2) is 4.34 Å². The summed E-state index contributed by atoms with van der Waals surface area (Å²) < 4.78 is 1.43. The normalized spacial score (nSPS) is 10.8. The Bertz CT molecular complexity index is 1010. The van der Waals surface area contributed by atoms with Crippen molar-refractivity contribution in [2.24, 2.45) is 0 Å². The van der Waals surface area contributed by atoms with Crippen molar-refractivity contribution in [3.8, 4) is 6.07 Å². The van der Waals surface area contributed by atoms with Crippen LogP contribution in [0.3, 0.4) is 0 Å². The summed E-state index contributed by atoms with van der Waals surface area (Å²) in [5.41, 5.74) is 2.96. The molecule has 0 bridgehead atoms. The van der Waals surface area contributed by atoms with Gasteiger partial charge in [0, 0.05) is 24.4 Å². The molecule has 0 aliphatic carbocycles. The number of fused-ring (bicyclic) bond motifs is 1. The van der Waals surface area contributed by atoms with Crippen LogP contribution >= 0.6 is 23.1 Å². The average Bonchev–Trinajstić information content (AvgIpc) is 2.96. The number of rotatable bonds is 5. The lowest BCUT2D eigenvalue weighted by molar-refractivity contribution is -0.384. The number of nitrogens with zero attached hydrogens (tertiary/aromatic N) is 4. The molecule has 2 aromatic heterocycles. The van der Waals surface area contributed by atoms with Crippen LogP contribution in [-0.4, -0.2) is 21.9 Å². The van der Waals surface area contributed by atoms with Crippen LogP contribution in [0.15, 0.2) is 33.6 Å². The minimum atomic E-state index is -0.425. The van der Waals surface area contributed by atoms with Crippen molar-refractivity contribution < 1.29 is 4.92 Å². The number of pyridine rings is 1. The third-order valence-electron chi connectivity index (χ3n) is 3.42. The maximum atomic E-state index is 10.9. The number of nitro benzene ring substituents is 1. The molecule has 2 heterocycles. The highest BCUT2D eigenvalue weighted by molar-refractivity contribution is 8.01. The summed E-state index contributed by atoms with van der Waals surface area (Å²) in [4.78, 5) is 19.4. The molecular weight excluding hydrogens is 358 g/mol. The van der Waals surface area contributed by atoms with Gasteiger partial charge in [-0.15, -0.1) is 11.3 Å². The zero-order valence-corrected chi connectivity index (χ0v) is 15.1. The SMILES string of the molecule is CNCc1cc(C)nc(Sc2nc3ccc([N+](=O)[O-])cc3s2)c1C#N. The van der Waals surface area contributed by atoms with E-state index in [0.717, 1.165) is 16.0 Å². The number of thiazole rings is 1. The van der Waals surface area contributed by atoms with Gasteiger partial charge in [0.2, 0.25) is 0 Å². The summed E-state index contributed by atoms with van der Waals surface area (Å²) in [6.45, 7) is 2.46. The van der Waals surface area contributed by atoms with E-state index in [4.69, 9.17) is 0 Å². The van der Waals surface area contributed by atoms with E-state index in [0.29, 0.717) is 27.0 Å². The van der Waals surface area contributed by atoms with E-state index in [1.807, 2.05) is 20.0 Å². The highest BCUT2D eigenvalue weighted by Gasteiger charge is 2.16. The fourth-order valence-electron chi connectivity index (χ4n) is 2.37. The largest absolute Gasteiger partial charge is 0.316 e. The zero-order valence-electron chi connectivity index (χ0n) is 13.4. The predicted molar refractivity (Wildman–Crippen MR) is 96.9 cm³/mol. The Labute approximate surface area is 151 Å². The minimum absolute atomic E-state index is 0.0374. The molecule has 0 atom stereocenters. The second-order valence-electron chi connectivity index (χ2n) is 5.24. The van der Waals surface area contributed by atoms with Crippen molar-refractivity contribution in [2.45, 2.75) is 22.8 Å². The number of non-ortho nitro benzene ring substituents is 1. The molecule has 0 aliphatic heterocycles. The molecule has 7 nitrogen and oxygen atoms in total. The van der Waals surface area contributed by atoms with E-state index < -0.39 is 4.92 Å². The summed E-state index contributed by atoms with van der Waals surface area (Å²) in [5.74, 6) is 0. The Kier molecular flexibility index (Phi) is 4.94. The number of aromatic nitrogens is 2. The lowest BCUT2D eigenvalue weighted by Gasteiger charge is -2.08. The second kappa shape index (κ2) is 7.14. The number of hydrogen-bond donors (Lipinski definition) is 1. The molecule has 126 valence electrons. The summed E-state index contributed by atoms with van der Waals surface area (Å²) in [5, 5.41) is 24.1. The monoisotopic (exact) mass is 371 g/mol. The molecule has 0 aliphatic rings. The molecule has 0 fully saturated rings. The zero-order chi connectivity index (χ0) is 18.0. The molecule has 1 aromatic carbocycles. The Morgan fingerprint density at radius 3 is 2.88 bits per heavy atom. The van der Waals surface area contributed by atoms with Crippen molar-refractivity contribution in [3.05, 3.63) is 51.2 Å². The Hall–Kier alpha value is -2.54. The van der Waals surface area contributed by atoms with Gasteiger partial charge < -0.3 is 5.32 Å². The van der Waals surface area contributed by atoms with Gasteiger partial charge in [-0.25, -0.2) is 9.97 Å². The van der Waals surface area contributed by atoms with Crippen molar-refractivity contribution in [1.29, 1.82) is 5.26 Å². The maximum Gasteiger partial charge on any atom is 0.270 e. The predicted octanol–water partition coefficient (Wildman–Crippen LogP) is 3.65. The first-order valence-electron chi connectivity index (χ1n) is 7.30. The molecule has 3 aromatic rings. The molecule has 0 spiro atoms. The van der Waals surface area contributed by atoms with Gasteiger partial charge >= 0.3 is 0 Å².